The molecule has 0 aliphatic carbocycles. The van der Waals surface area contributed by atoms with Crippen LogP contribution in [0.5, 0.6) is 0 Å². The van der Waals surface area contributed by atoms with Gasteiger partial charge in [0.2, 0.25) is 0 Å². The molecule has 0 spiro atoms. The molecule has 1 aliphatic rings. The van der Waals surface area contributed by atoms with Crippen LogP contribution in [-0.2, 0) is 4.79 Å². The van der Waals surface area contributed by atoms with Gasteiger partial charge in [-0.25, -0.2) is 0 Å². The lowest BCUT2D eigenvalue weighted by molar-refractivity contribution is -0.111. The highest BCUT2D eigenvalue weighted by molar-refractivity contribution is 8.34. The molecule has 0 aromatic carbocycles. The van der Waals surface area contributed by atoms with Gasteiger partial charge in [0.25, 0.3) is 0 Å². The lowest BCUT2D eigenvalue weighted by atomic mass is 10.4. The van der Waals surface area contributed by atoms with Gasteiger partial charge in [-0.2, -0.15) is 10.9 Å². The summed E-state index contributed by atoms with van der Waals surface area (Å²) in [5, 5.41) is 4.39. The van der Waals surface area contributed by atoms with E-state index in [9.17, 15) is 4.79 Å². The molecule has 0 N–H and O–H groups in total. The van der Waals surface area contributed by atoms with Crippen LogP contribution in [0.15, 0.2) is 23.0 Å². The van der Waals surface area contributed by atoms with E-state index in [0.717, 1.165) is 6.54 Å². The van der Waals surface area contributed by atoms with Crippen LogP contribution in [0.3, 0.4) is 0 Å². The van der Waals surface area contributed by atoms with Crippen molar-refractivity contribution in [2.24, 2.45) is 0 Å². The molecule has 0 radical (unpaired) electrons. The Balaban J connectivity index is 2.29. The molecular weight excluding hydrogens is 170 g/mol. The fourth-order valence-electron chi connectivity index (χ4n) is 0.949. The van der Waals surface area contributed by atoms with Gasteiger partial charge in [0.15, 0.2) is 5.12 Å². The van der Waals surface area contributed by atoms with E-state index in [1.165, 1.54) is 0 Å². The fourth-order valence-corrected chi connectivity index (χ4v) is 2.31. The molecule has 0 amide bonds. The van der Waals surface area contributed by atoms with Crippen molar-refractivity contribution in [1.82, 2.24) is 4.90 Å². The second kappa shape index (κ2) is 4.48. The number of nitrogens with zero attached hydrogens (tertiary/aromatic N) is 1. The van der Waals surface area contributed by atoms with E-state index in [1.54, 1.807) is 0 Å². The molecule has 12 heavy (non-hydrogen) atoms. The van der Waals surface area contributed by atoms with Crippen molar-refractivity contribution in [2.45, 2.75) is 6.42 Å². The average molecular weight is 185 g/mol. The molecule has 0 saturated carbocycles. The second-order valence-electron chi connectivity index (χ2n) is 3.04. The Morgan fingerprint density at radius 1 is 1.33 bits per heavy atom. The Morgan fingerprint density at radius 2 is 1.92 bits per heavy atom. The van der Waals surface area contributed by atoms with Crippen molar-refractivity contribution < 1.29 is 4.79 Å². The molecule has 0 aromatic rings. The molecule has 3 heteroatoms. The monoisotopic (exact) mass is 185 g/mol. The van der Waals surface area contributed by atoms with Gasteiger partial charge in [-0.3, -0.25) is 4.79 Å². The van der Waals surface area contributed by atoms with Crippen LogP contribution < -0.4 is 0 Å². The summed E-state index contributed by atoms with van der Waals surface area (Å²) in [5.74, 6) is 0. The summed E-state index contributed by atoms with van der Waals surface area (Å²) in [6.45, 7) is 0.860. The molecule has 0 unspecified atom stereocenters. The molecule has 1 heterocycles. The summed E-state index contributed by atoms with van der Waals surface area (Å²) in [6, 6.07) is 0. The van der Waals surface area contributed by atoms with E-state index in [4.69, 9.17) is 0 Å². The second-order valence-corrected chi connectivity index (χ2v) is 4.95. The number of carbonyl (C=O) groups excluding carboxylic acids is 1. The summed E-state index contributed by atoms with van der Waals surface area (Å²) in [4.78, 5) is 13.5. The molecule has 1 rings (SSSR count). The quantitative estimate of drug-likeness (QED) is 0.673. The standard InChI is InChI=1S/C9H15NOS/c1-10(2)6-5-9(11)12-7-3-4-8-12/h3-4,7-8,12H,5-6H2,1-2H3. The number of rotatable bonds is 3. The molecule has 68 valence electrons. The lowest BCUT2D eigenvalue weighted by Crippen LogP contribution is -2.15. The van der Waals surface area contributed by atoms with Gasteiger partial charge >= 0.3 is 0 Å². The Hall–Kier alpha value is -0.540. The van der Waals surface area contributed by atoms with Crippen molar-refractivity contribution in [3.63, 3.8) is 0 Å². The summed E-state index contributed by atoms with van der Waals surface area (Å²) in [6.07, 6.45) is 4.59. The lowest BCUT2D eigenvalue weighted by Gasteiger charge is -2.11. The third kappa shape index (κ3) is 2.83. The SMILES string of the molecule is CN(C)CCC(=O)[SH]1C=CC=C1. The van der Waals surface area contributed by atoms with Crippen molar-refractivity contribution in [2.75, 3.05) is 20.6 Å². The number of thiol groups is 1. The fraction of sp³-hybridized carbons (Fsp3) is 0.444. The highest BCUT2D eigenvalue weighted by atomic mass is 32.2. The average Bonchev–Trinajstić information content (AvgIpc) is 2.51. The maximum atomic E-state index is 11.4. The number of carbonyl (C=O) groups is 1. The first-order valence-corrected chi connectivity index (χ1v) is 5.49. The minimum atomic E-state index is -0.564. The minimum Gasteiger partial charge on any atom is -0.309 e. The molecule has 0 aromatic heterocycles. The van der Waals surface area contributed by atoms with Crippen LogP contribution in [0.1, 0.15) is 6.42 Å². The normalized spacial score (nSPS) is 17.8. The van der Waals surface area contributed by atoms with E-state index in [-0.39, 0.29) is 0 Å². The van der Waals surface area contributed by atoms with Gasteiger partial charge < -0.3 is 4.90 Å². The van der Waals surface area contributed by atoms with Crippen molar-refractivity contribution in [1.29, 1.82) is 0 Å². The predicted molar refractivity (Wildman–Crippen MR) is 55.4 cm³/mol. The summed E-state index contributed by atoms with van der Waals surface area (Å²) in [5.41, 5.74) is 0. The molecular formula is C9H15NOS. The number of hydrogen-bond donors (Lipinski definition) is 1. The minimum absolute atomic E-state index is 0.378. The van der Waals surface area contributed by atoms with Crippen molar-refractivity contribution in [3.05, 3.63) is 23.0 Å². The maximum Gasteiger partial charge on any atom is 0.177 e. The van der Waals surface area contributed by atoms with E-state index in [1.807, 2.05) is 42.0 Å². The van der Waals surface area contributed by atoms with Gasteiger partial charge in [0, 0.05) is 13.0 Å². The largest absolute Gasteiger partial charge is 0.309 e. The van der Waals surface area contributed by atoms with Crippen molar-refractivity contribution >= 4 is 16.0 Å². The Kier molecular flexibility index (Phi) is 3.56. The van der Waals surface area contributed by atoms with Gasteiger partial charge in [0.1, 0.15) is 0 Å². The Labute approximate surface area is 76.3 Å². The zero-order chi connectivity index (χ0) is 8.97. The first kappa shape index (κ1) is 9.55. The highest BCUT2D eigenvalue weighted by Crippen LogP contribution is 2.34. The van der Waals surface area contributed by atoms with Crippen molar-refractivity contribution in [3.8, 4) is 0 Å². The molecule has 0 bridgehead atoms. The van der Waals surface area contributed by atoms with Crippen LogP contribution in [0.25, 0.3) is 0 Å². The number of hydrogen-bond acceptors (Lipinski definition) is 2. The van der Waals surface area contributed by atoms with E-state index >= 15 is 0 Å². The first-order valence-electron chi connectivity index (χ1n) is 4.01. The van der Waals surface area contributed by atoms with Crippen LogP contribution >= 0.6 is 10.9 Å². The summed E-state index contributed by atoms with van der Waals surface area (Å²) >= 11 is 0. The molecule has 0 atom stereocenters. The topological polar surface area (TPSA) is 20.3 Å². The van der Waals surface area contributed by atoms with Gasteiger partial charge in [-0.05, 0) is 24.9 Å². The molecule has 1 aliphatic heterocycles. The Morgan fingerprint density at radius 3 is 2.42 bits per heavy atom. The van der Waals surface area contributed by atoms with Crippen LogP contribution in [-0.4, -0.2) is 30.7 Å². The first-order chi connectivity index (χ1) is 5.70. The number of allylic oxidation sites excluding steroid dienone is 2. The molecule has 0 saturated heterocycles. The third-order valence-electron chi connectivity index (χ3n) is 1.67. The smallest absolute Gasteiger partial charge is 0.177 e. The van der Waals surface area contributed by atoms with E-state index < -0.39 is 10.9 Å². The zero-order valence-electron chi connectivity index (χ0n) is 7.53. The summed E-state index contributed by atoms with van der Waals surface area (Å²) < 4.78 is 0. The third-order valence-corrected chi connectivity index (χ3v) is 3.45. The van der Waals surface area contributed by atoms with Crippen LogP contribution in [0, 0.1) is 0 Å². The highest BCUT2D eigenvalue weighted by Gasteiger charge is 2.09. The predicted octanol–water partition coefficient (Wildman–Crippen LogP) is 1.51. The summed E-state index contributed by atoms with van der Waals surface area (Å²) in [7, 11) is 3.41. The molecule has 0 fully saturated rings. The van der Waals surface area contributed by atoms with Gasteiger partial charge in [0.05, 0.1) is 0 Å². The van der Waals surface area contributed by atoms with Gasteiger partial charge in [-0.15, -0.1) is 0 Å². The molecule has 2 nitrogen and oxygen atoms in total. The van der Waals surface area contributed by atoms with E-state index in [0.29, 0.717) is 11.5 Å². The zero-order valence-corrected chi connectivity index (χ0v) is 8.42. The van der Waals surface area contributed by atoms with Crippen LogP contribution in [0.4, 0.5) is 0 Å². The maximum absolute atomic E-state index is 11.4. The van der Waals surface area contributed by atoms with Crippen LogP contribution in [0.2, 0.25) is 0 Å². The Bertz CT molecular complexity index is 209. The van der Waals surface area contributed by atoms with E-state index in [2.05, 4.69) is 0 Å². The van der Waals surface area contributed by atoms with Gasteiger partial charge in [-0.1, -0.05) is 12.2 Å².